The van der Waals surface area contributed by atoms with E-state index in [2.05, 4.69) is 5.32 Å². The van der Waals surface area contributed by atoms with Gasteiger partial charge in [-0.05, 0) is 54.4 Å². The molecule has 0 radical (unpaired) electrons. The fourth-order valence-corrected chi connectivity index (χ4v) is 3.93. The summed E-state index contributed by atoms with van der Waals surface area (Å²) in [5, 5.41) is 24.4. The quantitative estimate of drug-likeness (QED) is 0.419. The van der Waals surface area contributed by atoms with Gasteiger partial charge in [0.15, 0.2) is 5.54 Å². The molecule has 0 saturated carbocycles. The molecule has 0 aromatic heterocycles. The molecule has 0 aliphatic rings. The van der Waals surface area contributed by atoms with Crippen LogP contribution >= 0.6 is 11.6 Å². The fourth-order valence-electron chi connectivity index (χ4n) is 3.70. The fraction of sp³-hybridized carbons (Fsp3) is 0.231. The first-order chi connectivity index (χ1) is 16.4. The minimum absolute atomic E-state index is 0.0891. The van der Waals surface area contributed by atoms with Gasteiger partial charge in [-0.1, -0.05) is 55.8 Å². The van der Waals surface area contributed by atoms with E-state index in [-0.39, 0.29) is 17.1 Å². The van der Waals surface area contributed by atoms with Crippen LogP contribution in [0.3, 0.4) is 0 Å². The molecule has 9 heteroatoms. The average molecular weight is 502 g/mol. The van der Waals surface area contributed by atoms with Gasteiger partial charge in [-0.25, -0.2) is 0 Å². The third-order valence-electron chi connectivity index (χ3n) is 5.63. The number of alkyl halides is 3. The topological polar surface area (TPSA) is 85.2 Å². The lowest BCUT2D eigenvalue weighted by Crippen LogP contribution is -2.62. The Morgan fingerprint density at radius 3 is 2.26 bits per heavy atom. The van der Waals surface area contributed by atoms with E-state index in [1.165, 1.54) is 0 Å². The predicted octanol–water partition coefficient (Wildman–Crippen LogP) is 5.84. The molecule has 182 valence electrons. The lowest BCUT2D eigenvalue weighted by atomic mass is 9.69. The second-order valence-corrected chi connectivity index (χ2v) is 9.00. The molecule has 0 aliphatic carbocycles. The normalized spacial score (nSPS) is 13.4. The smallest absolute Gasteiger partial charge is 0.416 e. The van der Waals surface area contributed by atoms with Gasteiger partial charge in [-0.15, -0.1) is 0 Å². The monoisotopic (exact) mass is 501 g/mol. The van der Waals surface area contributed by atoms with E-state index in [0.717, 1.165) is 12.1 Å². The maximum absolute atomic E-state index is 13.0. The first kappa shape index (κ1) is 25.9. The van der Waals surface area contributed by atoms with Gasteiger partial charge in [-0.3, -0.25) is 0 Å². The summed E-state index contributed by atoms with van der Waals surface area (Å²) in [6.07, 6.45) is -4.54. The first-order valence-electron chi connectivity index (χ1n) is 10.5. The highest BCUT2D eigenvalue weighted by Gasteiger charge is 2.48. The van der Waals surface area contributed by atoms with E-state index < -0.39 is 28.7 Å². The van der Waals surface area contributed by atoms with Gasteiger partial charge in [0.1, 0.15) is 11.5 Å². The van der Waals surface area contributed by atoms with Gasteiger partial charge in [-0.2, -0.15) is 18.4 Å². The van der Waals surface area contributed by atoms with E-state index >= 15 is 0 Å². The van der Waals surface area contributed by atoms with E-state index in [4.69, 9.17) is 16.3 Å². The number of rotatable bonds is 8. The van der Waals surface area contributed by atoms with Crippen LogP contribution in [0.1, 0.15) is 25.0 Å². The number of nitriles is 1. The number of halogens is 4. The Balaban J connectivity index is 1.92. The number of anilines is 1. The summed E-state index contributed by atoms with van der Waals surface area (Å²) in [4.78, 5) is 12.3. The third kappa shape index (κ3) is 5.69. The van der Waals surface area contributed by atoms with Crippen molar-refractivity contribution in [2.45, 2.75) is 32.0 Å². The molecule has 1 atom stereocenters. The van der Waals surface area contributed by atoms with E-state index in [0.29, 0.717) is 23.1 Å². The number of nitrogens with one attached hydrogen (secondary N) is 1. The Kier molecular flexibility index (Phi) is 7.32. The summed E-state index contributed by atoms with van der Waals surface area (Å²) in [5.41, 5.74) is -4.10. The number of ether oxygens (including phenoxy) is 1. The largest absolute Gasteiger partial charge is 0.546 e. The molecular weight excluding hydrogens is 481 g/mol. The minimum Gasteiger partial charge on any atom is -0.546 e. The van der Waals surface area contributed by atoms with Crippen LogP contribution in [0.4, 0.5) is 18.9 Å². The molecule has 0 amide bonds. The van der Waals surface area contributed by atoms with Gasteiger partial charge in [0.2, 0.25) is 0 Å². The van der Waals surface area contributed by atoms with Crippen molar-refractivity contribution in [3.8, 4) is 17.6 Å². The Hall–Kier alpha value is -3.70. The number of hydrogen-bond donors (Lipinski definition) is 1. The number of hydrogen-bond acceptors (Lipinski definition) is 5. The van der Waals surface area contributed by atoms with Gasteiger partial charge in [0.05, 0.1) is 28.3 Å². The second kappa shape index (κ2) is 9.88. The first-order valence-corrected chi connectivity index (χ1v) is 10.9. The van der Waals surface area contributed by atoms with Crippen molar-refractivity contribution in [3.63, 3.8) is 0 Å². The number of nitrogens with zero attached hydrogens (tertiary/aromatic N) is 1. The minimum atomic E-state index is -4.63. The standard InChI is InChI=1S/C26H22ClF3N2O3/c1-24(2,15-17-7-6-10-20(13-17)35-19-8-4-3-5-9-19)25(16-31,23(33)34)32-22-12-11-18(14-21(22)27)26(28,29)30/h3-14,32H,15H2,1-2H3,(H,33,34)/p-1. The summed E-state index contributed by atoms with van der Waals surface area (Å²) >= 11 is 6.01. The van der Waals surface area contributed by atoms with Crippen LogP contribution in [0, 0.1) is 16.7 Å². The van der Waals surface area contributed by atoms with Crippen LogP contribution in [0.5, 0.6) is 11.5 Å². The third-order valence-corrected chi connectivity index (χ3v) is 5.94. The van der Waals surface area contributed by atoms with Crippen LogP contribution in [0.2, 0.25) is 5.02 Å². The molecule has 35 heavy (non-hydrogen) atoms. The Morgan fingerprint density at radius 1 is 1.03 bits per heavy atom. The summed E-state index contributed by atoms with van der Waals surface area (Å²) in [7, 11) is 0. The molecule has 3 aromatic carbocycles. The summed E-state index contributed by atoms with van der Waals surface area (Å²) in [6, 6.07) is 20.2. The van der Waals surface area contributed by atoms with Crippen LogP contribution < -0.4 is 15.2 Å². The van der Waals surface area contributed by atoms with Crippen molar-refractivity contribution in [1.82, 2.24) is 0 Å². The molecule has 1 N–H and O–H groups in total. The van der Waals surface area contributed by atoms with Gasteiger partial charge >= 0.3 is 6.18 Å². The summed E-state index contributed by atoms with van der Waals surface area (Å²) in [6.45, 7) is 3.09. The SMILES string of the molecule is CC(C)(Cc1cccc(Oc2ccccc2)c1)C(C#N)(Nc1ccc(C(F)(F)F)cc1Cl)C(=O)[O-]. The number of para-hydroxylation sites is 1. The van der Waals surface area contributed by atoms with Crippen molar-refractivity contribution >= 4 is 23.3 Å². The maximum Gasteiger partial charge on any atom is 0.416 e. The van der Waals surface area contributed by atoms with Gasteiger partial charge in [0.25, 0.3) is 0 Å². The van der Waals surface area contributed by atoms with Crippen molar-refractivity contribution in [2.75, 3.05) is 5.32 Å². The molecule has 1 unspecified atom stereocenters. The Bertz CT molecular complexity index is 1260. The molecule has 3 rings (SSSR count). The zero-order valence-corrected chi connectivity index (χ0v) is 19.6. The van der Waals surface area contributed by atoms with Crippen molar-refractivity contribution in [1.29, 1.82) is 5.26 Å². The predicted molar refractivity (Wildman–Crippen MR) is 124 cm³/mol. The number of carboxylic acids is 1. The molecular formula is C26H21ClF3N2O3-. The zero-order chi connectivity index (χ0) is 25.9. The number of carboxylic acid groups (broad SMARTS) is 1. The van der Waals surface area contributed by atoms with E-state index in [9.17, 15) is 28.3 Å². The Labute approximate surface area is 205 Å². The van der Waals surface area contributed by atoms with Crippen molar-refractivity contribution in [2.24, 2.45) is 5.41 Å². The van der Waals surface area contributed by atoms with Gasteiger partial charge < -0.3 is 20.0 Å². The van der Waals surface area contributed by atoms with Crippen molar-refractivity contribution < 1.29 is 27.8 Å². The summed E-state index contributed by atoms with van der Waals surface area (Å²) in [5.74, 6) is -0.611. The maximum atomic E-state index is 13.0. The van der Waals surface area contributed by atoms with Crippen LogP contribution in [0.15, 0.2) is 72.8 Å². The number of aliphatic carboxylic acids is 1. The molecule has 0 fully saturated rings. The molecule has 0 bridgehead atoms. The highest BCUT2D eigenvalue weighted by atomic mass is 35.5. The molecule has 0 aliphatic heterocycles. The van der Waals surface area contributed by atoms with Crippen molar-refractivity contribution in [3.05, 3.63) is 88.9 Å². The van der Waals surface area contributed by atoms with Gasteiger partial charge in [0, 0.05) is 5.41 Å². The zero-order valence-electron chi connectivity index (χ0n) is 18.8. The van der Waals surface area contributed by atoms with Crippen LogP contribution in [-0.2, 0) is 17.4 Å². The molecule has 5 nitrogen and oxygen atoms in total. The van der Waals surface area contributed by atoms with Crippen LogP contribution in [-0.4, -0.2) is 11.5 Å². The lowest BCUT2D eigenvalue weighted by molar-refractivity contribution is -0.313. The molecule has 0 heterocycles. The number of benzene rings is 3. The highest BCUT2D eigenvalue weighted by molar-refractivity contribution is 6.33. The molecule has 0 spiro atoms. The van der Waals surface area contributed by atoms with E-state index in [1.54, 1.807) is 56.3 Å². The lowest BCUT2D eigenvalue weighted by Gasteiger charge is -2.43. The average Bonchev–Trinajstić information content (AvgIpc) is 2.78. The highest BCUT2D eigenvalue weighted by Crippen LogP contribution is 2.40. The number of carbonyl (C=O) groups excluding carboxylic acids is 1. The second-order valence-electron chi connectivity index (χ2n) is 8.59. The molecule has 0 saturated heterocycles. The van der Waals surface area contributed by atoms with Crippen LogP contribution in [0.25, 0.3) is 0 Å². The Morgan fingerprint density at radius 2 is 1.69 bits per heavy atom. The van der Waals surface area contributed by atoms with E-state index in [1.807, 2.05) is 18.2 Å². The summed E-state index contributed by atoms with van der Waals surface area (Å²) < 4.78 is 44.8. The molecule has 3 aromatic rings. The number of carbonyl (C=O) groups is 1.